The van der Waals surface area contributed by atoms with Crippen LogP contribution >= 0.6 is 0 Å². The van der Waals surface area contributed by atoms with Gasteiger partial charge >= 0.3 is 0 Å². The van der Waals surface area contributed by atoms with Crippen LogP contribution in [0.15, 0.2) is 18.3 Å². The molecule has 0 spiro atoms. The second-order valence-electron chi connectivity index (χ2n) is 4.38. The quantitative estimate of drug-likeness (QED) is 0.789. The van der Waals surface area contributed by atoms with E-state index >= 15 is 0 Å². The monoisotopic (exact) mass is 219 g/mol. The summed E-state index contributed by atoms with van der Waals surface area (Å²) in [5.41, 5.74) is 1.55. The van der Waals surface area contributed by atoms with E-state index in [-0.39, 0.29) is 12.0 Å². The molecule has 5 heteroatoms. The molecule has 5 nitrogen and oxygen atoms in total. The maximum atomic E-state index is 9.40. The maximum Gasteiger partial charge on any atom is 0.164 e. The van der Waals surface area contributed by atoms with Crippen molar-refractivity contribution >= 4 is 5.65 Å². The number of hydrogen-bond donors (Lipinski definition) is 1. The molecule has 0 bridgehead atoms. The highest BCUT2D eigenvalue weighted by atomic mass is 16.5. The second kappa shape index (κ2) is 3.26. The lowest BCUT2D eigenvalue weighted by Gasteiger charge is -2.36. The van der Waals surface area contributed by atoms with Gasteiger partial charge < -0.3 is 9.84 Å². The van der Waals surface area contributed by atoms with E-state index in [4.69, 9.17) is 4.74 Å². The summed E-state index contributed by atoms with van der Waals surface area (Å²) in [6, 6.07) is 3.92. The molecule has 2 aromatic heterocycles. The fraction of sp³-hybridized carbons (Fsp3) is 0.455. The van der Waals surface area contributed by atoms with Crippen LogP contribution in [0.5, 0.6) is 0 Å². The van der Waals surface area contributed by atoms with E-state index in [2.05, 4.69) is 10.1 Å². The minimum Gasteiger partial charge on any atom is -0.395 e. The molecule has 3 heterocycles. The number of fused-ring (bicyclic) bond motifs is 1. The molecule has 0 unspecified atom stereocenters. The van der Waals surface area contributed by atoms with Gasteiger partial charge in [-0.05, 0) is 18.6 Å². The van der Waals surface area contributed by atoms with Crippen molar-refractivity contribution in [1.82, 2.24) is 14.6 Å². The van der Waals surface area contributed by atoms with Gasteiger partial charge in [0.1, 0.15) is 5.41 Å². The Morgan fingerprint density at radius 2 is 2.31 bits per heavy atom. The van der Waals surface area contributed by atoms with Gasteiger partial charge in [0.2, 0.25) is 0 Å². The Hall–Kier alpha value is -1.46. The molecule has 1 aliphatic heterocycles. The number of nitrogens with zero attached hydrogens (tertiary/aromatic N) is 3. The van der Waals surface area contributed by atoms with Crippen LogP contribution in [0.4, 0.5) is 0 Å². The molecule has 1 fully saturated rings. The van der Waals surface area contributed by atoms with Crippen LogP contribution in [0.2, 0.25) is 0 Å². The first kappa shape index (κ1) is 9.74. The van der Waals surface area contributed by atoms with E-state index in [9.17, 15) is 5.11 Å². The van der Waals surface area contributed by atoms with Crippen LogP contribution in [0.1, 0.15) is 11.4 Å². The Kier molecular flexibility index (Phi) is 1.99. The minimum absolute atomic E-state index is 0.0306. The first-order valence-electron chi connectivity index (χ1n) is 5.26. The summed E-state index contributed by atoms with van der Waals surface area (Å²) in [5.74, 6) is 0.673. The minimum atomic E-state index is -0.389. The van der Waals surface area contributed by atoms with Crippen LogP contribution in [-0.2, 0) is 10.2 Å². The molecule has 0 saturated carbocycles. The van der Waals surface area contributed by atoms with Crippen LogP contribution in [-0.4, -0.2) is 39.5 Å². The van der Waals surface area contributed by atoms with Crippen molar-refractivity contribution in [1.29, 1.82) is 0 Å². The molecule has 0 radical (unpaired) electrons. The normalized spacial score (nSPS) is 18.6. The zero-order chi connectivity index (χ0) is 11.2. The Bertz CT molecular complexity index is 525. The lowest BCUT2D eigenvalue weighted by molar-refractivity contribution is -0.0882. The number of aliphatic hydroxyl groups is 1. The molecule has 3 rings (SSSR count). The Morgan fingerprint density at radius 1 is 1.50 bits per heavy atom. The molecule has 16 heavy (non-hydrogen) atoms. The van der Waals surface area contributed by atoms with Gasteiger partial charge in [-0.2, -0.15) is 5.10 Å². The SMILES string of the molecule is Cc1ccc2nc(C3(CO)COC3)nn2c1. The summed E-state index contributed by atoms with van der Waals surface area (Å²) in [6.45, 7) is 3.04. The third-order valence-corrected chi connectivity index (χ3v) is 3.01. The smallest absolute Gasteiger partial charge is 0.164 e. The van der Waals surface area contributed by atoms with E-state index in [0.717, 1.165) is 11.2 Å². The van der Waals surface area contributed by atoms with Gasteiger partial charge in [0.15, 0.2) is 11.5 Å². The van der Waals surface area contributed by atoms with Crippen molar-refractivity contribution < 1.29 is 9.84 Å². The lowest BCUT2D eigenvalue weighted by atomic mass is 9.86. The Labute approximate surface area is 92.7 Å². The van der Waals surface area contributed by atoms with Gasteiger partial charge in [0.05, 0.1) is 19.8 Å². The van der Waals surface area contributed by atoms with Crippen molar-refractivity contribution in [3.8, 4) is 0 Å². The molecule has 0 aliphatic carbocycles. The summed E-state index contributed by atoms with van der Waals surface area (Å²) in [5, 5.41) is 13.8. The van der Waals surface area contributed by atoms with Crippen LogP contribution in [0.25, 0.3) is 5.65 Å². The number of rotatable bonds is 2. The summed E-state index contributed by atoms with van der Waals surface area (Å²) < 4.78 is 6.90. The number of aromatic nitrogens is 3. The number of hydrogen-bond acceptors (Lipinski definition) is 4. The van der Waals surface area contributed by atoms with Crippen LogP contribution in [0, 0.1) is 6.92 Å². The average molecular weight is 219 g/mol. The summed E-state index contributed by atoms with van der Waals surface area (Å²) in [6.07, 6.45) is 1.93. The summed E-state index contributed by atoms with van der Waals surface area (Å²) in [4.78, 5) is 4.43. The number of aliphatic hydroxyl groups excluding tert-OH is 1. The summed E-state index contributed by atoms with van der Waals surface area (Å²) >= 11 is 0. The van der Waals surface area contributed by atoms with Crippen molar-refractivity contribution in [2.24, 2.45) is 0 Å². The molecule has 0 atom stereocenters. The molecule has 0 amide bonds. The molecule has 1 N–H and O–H groups in total. The fourth-order valence-corrected chi connectivity index (χ4v) is 1.85. The molecule has 1 saturated heterocycles. The third-order valence-electron chi connectivity index (χ3n) is 3.01. The standard InChI is InChI=1S/C11H13N3O2/c1-8-2-3-9-12-10(13-14(9)4-8)11(5-15)6-16-7-11/h2-4,15H,5-7H2,1H3. The van der Waals surface area contributed by atoms with Gasteiger partial charge in [-0.25, -0.2) is 9.50 Å². The van der Waals surface area contributed by atoms with Crippen molar-refractivity contribution in [2.75, 3.05) is 19.8 Å². The lowest BCUT2D eigenvalue weighted by Crippen LogP contribution is -2.50. The van der Waals surface area contributed by atoms with Crippen LogP contribution < -0.4 is 0 Å². The van der Waals surface area contributed by atoms with Crippen LogP contribution in [0.3, 0.4) is 0 Å². The number of ether oxygens (including phenoxy) is 1. The Balaban J connectivity index is 2.11. The Morgan fingerprint density at radius 3 is 2.94 bits per heavy atom. The van der Waals surface area contributed by atoms with E-state index in [0.29, 0.717) is 19.0 Å². The van der Waals surface area contributed by atoms with Gasteiger partial charge in [-0.1, -0.05) is 6.07 Å². The number of aryl methyl sites for hydroxylation is 1. The third kappa shape index (κ3) is 1.25. The van der Waals surface area contributed by atoms with Gasteiger partial charge in [0, 0.05) is 6.20 Å². The highest BCUT2D eigenvalue weighted by molar-refractivity contribution is 5.39. The van der Waals surface area contributed by atoms with E-state index in [1.165, 1.54) is 0 Å². The molecule has 1 aliphatic rings. The zero-order valence-corrected chi connectivity index (χ0v) is 9.05. The first-order valence-corrected chi connectivity index (χ1v) is 5.26. The van der Waals surface area contributed by atoms with Gasteiger partial charge in [0.25, 0.3) is 0 Å². The number of pyridine rings is 1. The highest BCUT2D eigenvalue weighted by Gasteiger charge is 2.43. The predicted molar refractivity (Wildman–Crippen MR) is 57.3 cm³/mol. The maximum absolute atomic E-state index is 9.40. The van der Waals surface area contributed by atoms with E-state index < -0.39 is 0 Å². The molecule has 2 aromatic rings. The first-order chi connectivity index (χ1) is 7.73. The largest absolute Gasteiger partial charge is 0.395 e. The molecule has 84 valence electrons. The molecular weight excluding hydrogens is 206 g/mol. The molecule has 0 aromatic carbocycles. The highest BCUT2D eigenvalue weighted by Crippen LogP contribution is 2.29. The van der Waals surface area contributed by atoms with Gasteiger partial charge in [-0.3, -0.25) is 0 Å². The molecular formula is C11H13N3O2. The van der Waals surface area contributed by atoms with Crippen molar-refractivity contribution in [3.05, 3.63) is 29.7 Å². The van der Waals surface area contributed by atoms with Crippen molar-refractivity contribution in [2.45, 2.75) is 12.3 Å². The summed E-state index contributed by atoms with van der Waals surface area (Å²) in [7, 11) is 0. The average Bonchev–Trinajstić information content (AvgIpc) is 2.60. The fourth-order valence-electron chi connectivity index (χ4n) is 1.85. The van der Waals surface area contributed by atoms with E-state index in [1.807, 2.05) is 25.3 Å². The zero-order valence-electron chi connectivity index (χ0n) is 9.05. The van der Waals surface area contributed by atoms with Crippen molar-refractivity contribution in [3.63, 3.8) is 0 Å². The van der Waals surface area contributed by atoms with E-state index in [1.54, 1.807) is 4.52 Å². The van der Waals surface area contributed by atoms with Gasteiger partial charge in [-0.15, -0.1) is 0 Å². The predicted octanol–water partition coefficient (Wildman–Crippen LogP) is 0.298. The topological polar surface area (TPSA) is 59.7 Å². The second-order valence-corrected chi connectivity index (χ2v) is 4.38.